The Kier molecular flexibility index (Phi) is 6.66. The second-order valence-corrected chi connectivity index (χ2v) is 11.9. The van der Waals surface area contributed by atoms with Crippen LogP contribution in [0.1, 0.15) is 55.3 Å². The number of benzene rings is 2. The van der Waals surface area contributed by atoms with Gasteiger partial charge in [-0.05, 0) is 88.2 Å². The molecule has 8 heteroatoms. The van der Waals surface area contributed by atoms with Crippen LogP contribution in [-0.2, 0) is 13.6 Å². The second-order valence-electron chi connectivity index (χ2n) is 11.9. The molecule has 4 aromatic rings. The minimum absolute atomic E-state index is 0.0728. The molecule has 2 aromatic heterocycles. The molecule has 210 valence electrons. The Balaban J connectivity index is 1.34. The van der Waals surface area contributed by atoms with Crippen LogP contribution in [0.4, 0.5) is 5.69 Å². The van der Waals surface area contributed by atoms with E-state index in [1.54, 1.807) is 7.11 Å². The summed E-state index contributed by atoms with van der Waals surface area (Å²) in [6.07, 6.45) is 8.16. The zero-order chi connectivity index (χ0) is 27.2. The molecular formula is C32H40N6O2. The summed E-state index contributed by atoms with van der Waals surface area (Å²) in [6.45, 7) is 4.75. The Bertz CT molecular complexity index is 1550. The van der Waals surface area contributed by atoms with Crippen LogP contribution in [0.15, 0.2) is 36.4 Å². The maximum atomic E-state index is 13.4. The molecule has 40 heavy (non-hydrogen) atoms. The van der Waals surface area contributed by atoms with Crippen molar-refractivity contribution in [2.24, 2.45) is 13.0 Å². The van der Waals surface area contributed by atoms with Gasteiger partial charge < -0.3 is 29.4 Å². The van der Waals surface area contributed by atoms with Crippen molar-refractivity contribution < 1.29 is 9.53 Å². The van der Waals surface area contributed by atoms with Crippen molar-refractivity contribution in [2.75, 3.05) is 38.6 Å². The molecule has 3 aliphatic rings. The van der Waals surface area contributed by atoms with E-state index in [-0.39, 0.29) is 5.91 Å². The molecule has 8 nitrogen and oxygen atoms in total. The number of piperidine rings is 2. The highest BCUT2D eigenvalue weighted by atomic mass is 16.5. The molecule has 2 saturated heterocycles. The number of carbonyl (C=O) groups is 1. The number of nitrogens with zero attached hydrogens (tertiary/aromatic N) is 4. The summed E-state index contributed by atoms with van der Waals surface area (Å²) in [6, 6.07) is 13.2. The van der Waals surface area contributed by atoms with E-state index in [1.165, 1.54) is 35.9 Å². The van der Waals surface area contributed by atoms with Gasteiger partial charge in [0.1, 0.15) is 11.3 Å². The van der Waals surface area contributed by atoms with Gasteiger partial charge in [0.25, 0.3) is 5.91 Å². The number of amides is 1. The lowest BCUT2D eigenvalue weighted by Gasteiger charge is -2.26. The molecule has 2 N–H and O–H groups in total. The number of methoxy groups -OCH3 is 1. The topological polar surface area (TPSA) is 76.3 Å². The van der Waals surface area contributed by atoms with Gasteiger partial charge in [-0.1, -0.05) is 12.1 Å². The molecule has 1 aliphatic carbocycles. The highest BCUT2D eigenvalue weighted by Gasteiger charge is 2.28. The van der Waals surface area contributed by atoms with Crippen molar-refractivity contribution >= 4 is 33.5 Å². The zero-order valence-electron chi connectivity index (χ0n) is 23.7. The minimum Gasteiger partial charge on any atom is -0.494 e. The normalized spacial score (nSPS) is 18.5. The van der Waals surface area contributed by atoms with Crippen molar-refractivity contribution in [3.63, 3.8) is 0 Å². The summed E-state index contributed by atoms with van der Waals surface area (Å²) >= 11 is 0. The van der Waals surface area contributed by atoms with Gasteiger partial charge in [0, 0.05) is 43.7 Å². The number of imidazole rings is 1. The molecule has 7 rings (SSSR count). The van der Waals surface area contributed by atoms with Crippen LogP contribution >= 0.6 is 0 Å². The number of hydrogen-bond donors (Lipinski definition) is 2. The zero-order valence-corrected chi connectivity index (χ0v) is 23.7. The van der Waals surface area contributed by atoms with Gasteiger partial charge in [0.05, 0.1) is 29.5 Å². The van der Waals surface area contributed by atoms with E-state index in [9.17, 15) is 4.79 Å². The third kappa shape index (κ3) is 4.62. The Morgan fingerprint density at radius 1 is 1.05 bits per heavy atom. The Morgan fingerprint density at radius 3 is 2.60 bits per heavy atom. The molecule has 0 unspecified atom stereocenters. The summed E-state index contributed by atoms with van der Waals surface area (Å²) in [5.41, 5.74) is 5.97. The predicted molar refractivity (Wildman–Crippen MR) is 160 cm³/mol. The van der Waals surface area contributed by atoms with E-state index in [4.69, 9.17) is 9.72 Å². The van der Waals surface area contributed by atoms with E-state index in [2.05, 4.69) is 51.1 Å². The van der Waals surface area contributed by atoms with Gasteiger partial charge in [0.15, 0.2) is 5.82 Å². The Labute approximate surface area is 235 Å². The van der Waals surface area contributed by atoms with Gasteiger partial charge in [-0.15, -0.1) is 0 Å². The Hall–Kier alpha value is -3.52. The quantitative estimate of drug-likeness (QED) is 0.328. The van der Waals surface area contributed by atoms with Crippen LogP contribution in [0, 0.1) is 5.92 Å². The van der Waals surface area contributed by atoms with Crippen LogP contribution in [0.25, 0.3) is 33.5 Å². The maximum absolute atomic E-state index is 13.4. The summed E-state index contributed by atoms with van der Waals surface area (Å²) in [4.78, 5) is 20.5. The number of nitrogens with one attached hydrogen (secondary N) is 2. The van der Waals surface area contributed by atoms with Crippen LogP contribution in [0.5, 0.6) is 5.75 Å². The minimum atomic E-state index is 0.0728. The number of hydrogen-bond acceptors (Lipinski definition) is 5. The average Bonchev–Trinajstić information content (AvgIpc) is 3.65. The second kappa shape index (κ2) is 10.5. The van der Waals surface area contributed by atoms with Crippen LogP contribution < -0.4 is 15.4 Å². The van der Waals surface area contributed by atoms with Gasteiger partial charge >= 0.3 is 0 Å². The van der Waals surface area contributed by atoms with Crippen LogP contribution in [0.2, 0.25) is 0 Å². The first kappa shape index (κ1) is 25.4. The number of likely N-dealkylation sites (tertiary alicyclic amines) is 1. The first-order chi connectivity index (χ1) is 19.6. The predicted octanol–water partition coefficient (Wildman–Crippen LogP) is 5.40. The molecule has 3 fully saturated rings. The molecule has 1 saturated carbocycles. The largest absolute Gasteiger partial charge is 0.494 e. The van der Waals surface area contributed by atoms with E-state index >= 15 is 0 Å². The lowest BCUT2D eigenvalue weighted by Crippen LogP contribution is -2.35. The molecule has 0 atom stereocenters. The molecule has 4 heterocycles. The lowest BCUT2D eigenvalue weighted by atomic mass is 10.1. The van der Waals surface area contributed by atoms with E-state index in [0.717, 1.165) is 81.0 Å². The van der Waals surface area contributed by atoms with Gasteiger partial charge in [0.2, 0.25) is 0 Å². The summed E-state index contributed by atoms with van der Waals surface area (Å²) < 4.78 is 10.5. The average molecular weight is 541 g/mol. The monoisotopic (exact) mass is 540 g/mol. The fourth-order valence-electron chi connectivity index (χ4n) is 6.66. The van der Waals surface area contributed by atoms with Crippen molar-refractivity contribution in [3.8, 4) is 17.3 Å². The number of aromatic nitrogens is 3. The van der Waals surface area contributed by atoms with Gasteiger partial charge in [-0.25, -0.2) is 4.98 Å². The maximum Gasteiger partial charge on any atom is 0.254 e. The van der Waals surface area contributed by atoms with Gasteiger partial charge in [-0.3, -0.25) is 4.79 Å². The summed E-state index contributed by atoms with van der Waals surface area (Å²) in [5, 5.41) is 8.59. The number of para-hydroxylation sites is 1. The molecule has 2 aliphatic heterocycles. The molecule has 1 amide bonds. The van der Waals surface area contributed by atoms with Crippen molar-refractivity contribution in [1.29, 1.82) is 0 Å². The molecule has 2 aromatic carbocycles. The van der Waals surface area contributed by atoms with Crippen LogP contribution in [-0.4, -0.2) is 64.3 Å². The van der Waals surface area contributed by atoms with Crippen LogP contribution in [0.3, 0.4) is 0 Å². The van der Waals surface area contributed by atoms with Crippen molar-refractivity contribution in [2.45, 2.75) is 57.5 Å². The van der Waals surface area contributed by atoms with E-state index in [1.807, 2.05) is 17.0 Å². The number of fused-ring (bicyclic) bond motifs is 2. The van der Waals surface area contributed by atoms with E-state index < -0.39 is 0 Å². The van der Waals surface area contributed by atoms with Crippen molar-refractivity contribution in [1.82, 2.24) is 24.3 Å². The number of anilines is 1. The first-order valence-corrected chi connectivity index (χ1v) is 15.0. The third-order valence-corrected chi connectivity index (χ3v) is 9.03. The molecular weight excluding hydrogens is 500 g/mol. The molecule has 0 spiro atoms. The third-order valence-electron chi connectivity index (χ3n) is 9.03. The summed E-state index contributed by atoms with van der Waals surface area (Å²) in [7, 11) is 3.74. The first-order valence-electron chi connectivity index (χ1n) is 15.0. The highest BCUT2D eigenvalue weighted by molar-refractivity contribution is 6.01. The van der Waals surface area contributed by atoms with Crippen molar-refractivity contribution in [3.05, 3.63) is 42.0 Å². The fourth-order valence-corrected chi connectivity index (χ4v) is 6.66. The molecule has 0 bridgehead atoms. The number of aryl methyl sites for hydroxylation is 1. The SMILES string of the molecule is COc1cc(C(=O)N2CCCCC2)cc2nc(-c3cc4cccc(NC5CCNCC5)c4n3CC3CC3)n(C)c12. The van der Waals surface area contributed by atoms with Gasteiger partial charge in [-0.2, -0.15) is 0 Å². The highest BCUT2D eigenvalue weighted by Crippen LogP contribution is 2.40. The number of carbonyl (C=O) groups excluding carboxylic acids is 1. The smallest absolute Gasteiger partial charge is 0.254 e. The number of ether oxygens (including phenoxy) is 1. The lowest BCUT2D eigenvalue weighted by molar-refractivity contribution is 0.0724. The Morgan fingerprint density at radius 2 is 1.85 bits per heavy atom. The standard InChI is InChI=1S/C32H40N6O2/c1-36-30-26(17-23(19-28(30)40-2)32(39)37-15-4-3-5-16-37)35-31(36)27-18-22-7-6-8-25(34-24-11-13-33-14-12-24)29(22)38(27)20-21-9-10-21/h6-8,17-19,21,24,33-34H,3-5,9-16,20H2,1-2H3. The fraction of sp³-hybridized carbons (Fsp3) is 0.500. The van der Waals surface area contributed by atoms with E-state index in [0.29, 0.717) is 23.3 Å². The summed E-state index contributed by atoms with van der Waals surface area (Å²) in [5.74, 6) is 2.38. The molecule has 0 radical (unpaired) electrons. The number of rotatable bonds is 7.